The van der Waals surface area contributed by atoms with E-state index in [1.54, 1.807) is 12.1 Å². The molecule has 2 amide bonds. The molecule has 0 aromatic heterocycles. The molecule has 1 saturated heterocycles. The zero-order valence-corrected chi connectivity index (χ0v) is 14.0. The maximum absolute atomic E-state index is 13.2. The van der Waals surface area contributed by atoms with Crippen molar-refractivity contribution in [3.63, 3.8) is 0 Å². The van der Waals surface area contributed by atoms with Gasteiger partial charge in [0.15, 0.2) is 0 Å². The average Bonchev–Trinajstić information content (AvgIpc) is 2.62. The Morgan fingerprint density at radius 3 is 2.60 bits per heavy atom. The number of amides is 2. The standard InChI is InChI=1S/C19H22FN3O2/c20-17-6-3-7-18(12-17)22-19(24)21-13-15-4-1-2-5-16(15)14-23-8-10-25-11-9-23/h1-7,12H,8-11,13-14H2,(H2,21,22,24). The second-order valence-corrected chi connectivity index (χ2v) is 5.98. The highest BCUT2D eigenvalue weighted by Crippen LogP contribution is 2.13. The minimum absolute atomic E-state index is 0.355. The van der Waals surface area contributed by atoms with Crippen LogP contribution in [0.3, 0.4) is 0 Å². The third kappa shape index (κ3) is 5.27. The van der Waals surface area contributed by atoms with Crippen molar-refractivity contribution in [1.82, 2.24) is 10.2 Å². The van der Waals surface area contributed by atoms with E-state index in [1.807, 2.05) is 18.2 Å². The number of urea groups is 1. The molecule has 1 heterocycles. The number of carbonyl (C=O) groups excluding carboxylic acids is 1. The van der Waals surface area contributed by atoms with Crippen LogP contribution in [0.2, 0.25) is 0 Å². The fourth-order valence-corrected chi connectivity index (χ4v) is 2.80. The maximum Gasteiger partial charge on any atom is 0.319 e. The normalized spacial score (nSPS) is 14.9. The van der Waals surface area contributed by atoms with E-state index in [0.717, 1.165) is 38.4 Å². The number of anilines is 1. The molecule has 0 aliphatic carbocycles. The second-order valence-electron chi connectivity index (χ2n) is 5.98. The van der Waals surface area contributed by atoms with Crippen molar-refractivity contribution in [3.05, 3.63) is 65.5 Å². The Labute approximate surface area is 146 Å². The van der Waals surface area contributed by atoms with Crippen LogP contribution >= 0.6 is 0 Å². The molecule has 1 fully saturated rings. The Morgan fingerprint density at radius 2 is 1.84 bits per heavy atom. The van der Waals surface area contributed by atoms with Gasteiger partial charge in [0.1, 0.15) is 5.82 Å². The Bertz CT molecular complexity index is 717. The largest absolute Gasteiger partial charge is 0.379 e. The molecular weight excluding hydrogens is 321 g/mol. The first kappa shape index (κ1) is 17.4. The molecule has 0 radical (unpaired) electrons. The number of nitrogens with one attached hydrogen (secondary N) is 2. The van der Waals surface area contributed by atoms with Gasteiger partial charge >= 0.3 is 6.03 Å². The summed E-state index contributed by atoms with van der Waals surface area (Å²) in [6.45, 7) is 4.62. The number of morpholine rings is 1. The third-order valence-corrected chi connectivity index (χ3v) is 4.14. The highest BCUT2D eigenvalue weighted by Gasteiger charge is 2.13. The molecular formula is C19H22FN3O2. The number of nitrogens with zero attached hydrogens (tertiary/aromatic N) is 1. The molecule has 132 valence electrons. The lowest BCUT2D eigenvalue weighted by molar-refractivity contribution is 0.0341. The zero-order chi connectivity index (χ0) is 17.5. The van der Waals surface area contributed by atoms with Crippen LogP contribution in [0.15, 0.2) is 48.5 Å². The van der Waals surface area contributed by atoms with Gasteiger partial charge in [-0.05, 0) is 29.3 Å². The summed E-state index contributed by atoms with van der Waals surface area (Å²) in [4.78, 5) is 14.4. The number of hydrogen-bond donors (Lipinski definition) is 2. The van der Waals surface area contributed by atoms with Crippen LogP contribution in [0.25, 0.3) is 0 Å². The van der Waals surface area contributed by atoms with Gasteiger partial charge in [-0.2, -0.15) is 0 Å². The van der Waals surface area contributed by atoms with Crippen molar-refractivity contribution in [2.24, 2.45) is 0 Å². The molecule has 0 saturated carbocycles. The molecule has 0 atom stereocenters. The molecule has 2 aromatic carbocycles. The van der Waals surface area contributed by atoms with Crippen molar-refractivity contribution in [2.45, 2.75) is 13.1 Å². The van der Waals surface area contributed by atoms with Crippen LogP contribution in [-0.2, 0) is 17.8 Å². The molecule has 0 spiro atoms. The van der Waals surface area contributed by atoms with Crippen molar-refractivity contribution in [2.75, 3.05) is 31.6 Å². The Hall–Kier alpha value is -2.44. The molecule has 5 nitrogen and oxygen atoms in total. The first-order valence-corrected chi connectivity index (χ1v) is 8.38. The van der Waals surface area contributed by atoms with Gasteiger partial charge in [0.05, 0.1) is 13.2 Å². The lowest BCUT2D eigenvalue weighted by atomic mass is 10.1. The summed E-state index contributed by atoms with van der Waals surface area (Å²) >= 11 is 0. The summed E-state index contributed by atoms with van der Waals surface area (Å²) in [6, 6.07) is 13.5. The van der Waals surface area contributed by atoms with Gasteiger partial charge in [0, 0.05) is 31.9 Å². The van der Waals surface area contributed by atoms with Crippen LogP contribution in [-0.4, -0.2) is 37.2 Å². The van der Waals surface area contributed by atoms with E-state index in [9.17, 15) is 9.18 Å². The van der Waals surface area contributed by atoms with Crippen LogP contribution in [0, 0.1) is 5.82 Å². The Kier molecular flexibility index (Phi) is 5.98. The van der Waals surface area contributed by atoms with E-state index in [-0.39, 0.29) is 11.8 Å². The van der Waals surface area contributed by atoms with Crippen molar-refractivity contribution < 1.29 is 13.9 Å². The highest BCUT2D eigenvalue weighted by molar-refractivity contribution is 5.89. The van der Waals surface area contributed by atoms with E-state index in [4.69, 9.17) is 4.74 Å². The third-order valence-electron chi connectivity index (χ3n) is 4.14. The molecule has 0 unspecified atom stereocenters. The highest BCUT2D eigenvalue weighted by atomic mass is 19.1. The summed E-state index contributed by atoms with van der Waals surface area (Å²) in [5.41, 5.74) is 2.69. The minimum atomic E-state index is -0.381. The fraction of sp³-hybridized carbons (Fsp3) is 0.316. The minimum Gasteiger partial charge on any atom is -0.379 e. The molecule has 2 N–H and O–H groups in total. The van der Waals surface area contributed by atoms with Gasteiger partial charge < -0.3 is 15.4 Å². The summed E-state index contributed by atoms with van der Waals surface area (Å²) in [7, 11) is 0. The predicted octanol–water partition coefficient (Wildman–Crippen LogP) is 2.98. The zero-order valence-electron chi connectivity index (χ0n) is 14.0. The van der Waals surface area contributed by atoms with Crippen molar-refractivity contribution >= 4 is 11.7 Å². The van der Waals surface area contributed by atoms with E-state index < -0.39 is 0 Å². The first-order valence-electron chi connectivity index (χ1n) is 8.38. The fourth-order valence-electron chi connectivity index (χ4n) is 2.80. The lowest BCUT2D eigenvalue weighted by Gasteiger charge is -2.27. The molecule has 1 aliphatic heterocycles. The number of halogens is 1. The van der Waals surface area contributed by atoms with Gasteiger partial charge in [-0.15, -0.1) is 0 Å². The van der Waals surface area contributed by atoms with Gasteiger partial charge in [0.2, 0.25) is 0 Å². The molecule has 3 rings (SSSR count). The van der Waals surface area contributed by atoms with Gasteiger partial charge in [-0.25, -0.2) is 9.18 Å². The van der Waals surface area contributed by atoms with Crippen LogP contribution in [0.1, 0.15) is 11.1 Å². The maximum atomic E-state index is 13.2. The van der Waals surface area contributed by atoms with E-state index in [2.05, 4.69) is 21.6 Å². The van der Waals surface area contributed by atoms with Gasteiger partial charge in [0.25, 0.3) is 0 Å². The molecule has 1 aliphatic rings. The quantitative estimate of drug-likeness (QED) is 0.878. The topological polar surface area (TPSA) is 53.6 Å². The van der Waals surface area contributed by atoms with Crippen LogP contribution < -0.4 is 10.6 Å². The van der Waals surface area contributed by atoms with Gasteiger partial charge in [-0.1, -0.05) is 30.3 Å². The number of hydrogen-bond acceptors (Lipinski definition) is 3. The number of carbonyl (C=O) groups is 1. The second kappa shape index (κ2) is 8.60. The van der Waals surface area contributed by atoms with Crippen LogP contribution in [0.5, 0.6) is 0 Å². The van der Waals surface area contributed by atoms with E-state index in [1.165, 1.54) is 17.7 Å². The monoisotopic (exact) mass is 343 g/mol. The molecule has 0 bridgehead atoms. The van der Waals surface area contributed by atoms with E-state index >= 15 is 0 Å². The molecule has 2 aromatic rings. The van der Waals surface area contributed by atoms with Gasteiger partial charge in [-0.3, -0.25) is 4.90 Å². The van der Waals surface area contributed by atoms with Crippen molar-refractivity contribution in [1.29, 1.82) is 0 Å². The summed E-state index contributed by atoms with van der Waals surface area (Å²) in [5, 5.41) is 5.47. The average molecular weight is 343 g/mol. The Morgan fingerprint density at radius 1 is 1.08 bits per heavy atom. The Balaban J connectivity index is 1.56. The van der Waals surface area contributed by atoms with E-state index in [0.29, 0.717) is 12.2 Å². The summed E-state index contributed by atoms with van der Waals surface area (Å²) in [5.74, 6) is -0.381. The lowest BCUT2D eigenvalue weighted by Crippen LogP contribution is -2.36. The summed E-state index contributed by atoms with van der Waals surface area (Å²) in [6.07, 6.45) is 0. The number of ether oxygens (including phenoxy) is 1. The van der Waals surface area contributed by atoms with Crippen molar-refractivity contribution in [3.8, 4) is 0 Å². The first-order chi connectivity index (χ1) is 12.2. The SMILES string of the molecule is O=C(NCc1ccccc1CN1CCOCC1)Nc1cccc(F)c1. The number of rotatable bonds is 5. The summed E-state index contributed by atoms with van der Waals surface area (Å²) < 4.78 is 18.5. The smallest absolute Gasteiger partial charge is 0.319 e. The van der Waals surface area contributed by atoms with Crippen LogP contribution in [0.4, 0.5) is 14.9 Å². The number of benzene rings is 2. The molecule has 6 heteroatoms. The molecule has 25 heavy (non-hydrogen) atoms. The predicted molar refractivity (Wildman–Crippen MR) is 94.8 cm³/mol.